The Morgan fingerprint density at radius 2 is 1.42 bits per heavy atom. The number of rotatable bonds is 12. The first-order chi connectivity index (χ1) is 9.04. The van der Waals surface area contributed by atoms with E-state index in [2.05, 4.69) is 19.7 Å². The van der Waals surface area contributed by atoms with Gasteiger partial charge in [0, 0.05) is 12.2 Å². The minimum absolute atomic E-state index is 0.270. The topological polar surface area (TPSA) is 35.5 Å². The van der Waals surface area contributed by atoms with E-state index in [4.69, 9.17) is 9.16 Å². The predicted octanol–water partition coefficient (Wildman–Crippen LogP) is 3.84. The Morgan fingerprint density at radius 1 is 0.947 bits per heavy atom. The molecular weight excluding hydrogens is 256 g/mol. The number of unbranched alkanes of at least 4 members (excludes halogenated alkanes) is 6. The highest BCUT2D eigenvalue weighted by molar-refractivity contribution is 6.48. The first-order valence-corrected chi connectivity index (χ1v) is 10.3. The van der Waals surface area contributed by atoms with Gasteiger partial charge in [0.25, 0.3) is 0 Å². The highest BCUT2D eigenvalue weighted by atomic mass is 28.3. The smallest absolute Gasteiger partial charge is 0.333 e. The molecule has 0 amide bonds. The molecule has 0 aliphatic heterocycles. The fourth-order valence-electron chi connectivity index (χ4n) is 1.70. The van der Waals surface area contributed by atoms with Crippen LogP contribution in [-0.2, 0) is 14.0 Å². The molecule has 0 atom stereocenters. The number of hydrogen-bond donors (Lipinski definition) is 0. The van der Waals surface area contributed by atoms with E-state index in [0.717, 1.165) is 19.4 Å². The molecule has 0 aliphatic carbocycles. The van der Waals surface area contributed by atoms with Crippen molar-refractivity contribution in [2.24, 2.45) is 0 Å². The number of esters is 1. The molecule has 0 unspecified atom stereocenters. The zero-order valence-corrected chi connectivity index (χ0v) is 14.0. The van der Waals surface area contributed by atoms with E-state index in [-0.39, 0.29) is 5.97 Å². The largest absolute Gasteiger partial charge is 0.462 e. The second-order valence-electron chi connectivity index (χ2n) is 5.31. The van der Waals surface area contributed by atoms with Crippen LogP contribution in [0.2, 0.25) is 13.1 Å². The molecule has 0 saturated carbocycles. The number of hydrogen-bond acceptors (Lipinski definition) is 3. The van der Waals surface area contributed by atoms with Crippen LogP contribution >= 0.6 is 0 Å². The zero-order valence-electron chi connectivity index (χ0n) is 12.9. The Kier molecular flexibility index (Phi) is 12.0. The highest BCUT2D eigenvalue weighted by Crippen LogP contribution is 2.08. The molecule has 0 rings (SSSR count). The lowest BCUT2D eigenvalue weighted by atomic mass is 10.1. The molecule has 112 valence electrons. The summed E-state index contributed by atoms with van der Waals surface area (Å²) in [5, 5.41) is 0. The monoisotopic (exact) mass is 286 g/mol. The van der Waals surface area contributed by atoms with Gasteiger partial charge in [-0.1, -0.05) is 38.7 Å². The van der Waals surface area contributed by atoms with Gasteiger partial charge in [-0.05, 0) is 32.9 Å². The third-order valence-electron chi connectivity index (χ3n) is 2.82. The first kappa shape index (κ1) is 18.4. The van der Waals surface area contributed by atoms with Crippen LogP contribution in [0.25, 0.3) is 0 Å². The lowest BCUT2D eigenvalue weighted by Crippen LogP contribution is -2.08. The van der Waals surface area contributed by atoms with Crippen molar-refractivity contribution in [2.75, 3.05) is 13.2 Å². The summed E-state index contributed by atoms with van der Waals surface area (Å²) in [5.41, 5.74) is 0.478. The molecule has 0 fully saturated rings. The van der Waals surface area contributed by atoms with E-state index in [9.17, 15) is 4.79 Å². The standard InChI is InChI=1S/C15H30O3Si/c1-14(2)15(16)17-12-10-8-6-5-7-9-11-13-18-19(3)4/h19H,1,5-13H2,2-4H3. The normalized spacial score (nSPS) is 10.7. The first-order valence-electron chi connectivity index (χ1n) is 7.48. The maximum absolute atomic E-state index is 11.1. The molecule has 0 radical (unpaired) electrons. The summed E-state index contributed by atoms with van der Waals surface area (Å²) >= 11 is 0. The molecule has 0 aromatic heterocycles. The Hall–Kier alpha value is -0.613. The van der Waals surface area contributed by atoms with Crippen molar-refractivity contribution in [3.8, 4) is 0 Å². The van der Waals surface area contributed by atoms with Gasteiger partial charge in [0.1, 0.15) is 0 Å². The van der Waals surface area contributed by atoms with E-state index in [1.165, 1.54) is 32.1 Å². The van der Waals surface area contributed by atoms with Crippen molar-refractivity contribution in [3.05, 3.63) is 12.2 Å². The number of carbonyl (C=O) groups excluding carboxylic acids is 1. The average Bonchev–Trinajstić information content (AvgIpc) is 2.35. The van der Waals surface area contributed by atoms with Crippen molar-refractivity contribution in [1.29, 1.82) is 0 Å². The molecule has 0 aliphatic rings. The third-order valence-corrected chi connectivity index (χ3v) is 3.72. The Bertz CT molecular complexity index is 252. The van der Waals surface area contributed by atoms with E-state index in [1.807, 2.05) is 0 Å². The van der Waals surface area contributed by atoms with Gasteiger partial charge in [-0.15, -0.1) is 0 Å². The van der Waals surface area contributed by atoms with Crippen molar-refractivity contribution >= 4 is 15.0 Å². The van der Waals surface area contributed by atoms with Crippen molar-refractivity contribution < 1.29 is 14.0 Å². The molecular formula is C15H30O3Si. The molecule has 3 nitrogen and oxygen atoms in total. The number of carbonyl (C=O) groups is 1. The Labute approximate surface area is 120 Å². The maximum Gasteiger partial charge on any atom is 0.333 e. The van der Waals surface area contributed by atoms with Crippen LogP contribution in [-0.4, -0.2) is 28.2 Å². The molecule has 0 saturated heterocycles. The van der Waals surface area contributed by atoms with E-state index >= 15 is 0 Å². The van der Waals surface area contributed by atoms with Gasteiger partial charge in [0.2, 0.25) is 0 Å². The lowest BCUT2D eigenvalue weighted by Gasteiger charge is -2.06. The summed E-state index contributed by atoms with van der Waals surface area (Å²) in [5.74, 6) is -0.270. The van der Waals surface area contributed by atoms with Crippen LogP contribution in [0.3, 0.4) is 0 Å². The van der Waals surface area contributed by atoms with Crippen molar-refractivity contribution in [2.45, 2.75) is 65.0 Å². The SMILES string of the molecule is C=C(C)C(=O)OCCCCCCCCCO[SiH](C)C. The van der Waals surface area contributed by atoms with Crippen LogP contribution in [0.1, 0.15) is 51.9 Å². The van der Waals surface area contributed by atoms with Gasteiger partial charge in [0.05, 0.1) is 6.61 Å². The molecule has 0 bridgehead atoms. The summed E-state index contributed by atoms with van der Waals surface area (Å²) in [4.78, 5) is 11.1. The second kappa shape index (κ2) is 12.4. The Morgan fingerprint density at radius 3 is 1.89 bits per heavy atom. The zero-order chi connectivity index (χ0) is 14.5. The fourth-order valence-corrected chi connectivity index (χ4v) is 2.33. The lowest BCUT2D eigenvalue weighted by molar-refractivity contribution is -0.139. The quantitative estimate of drug-likeness (QED) is 0.237. The van der Waals surface area contributed by atoms with Gasteiger partial charge in [-0.3, -0.25) is 0 Å². The van der Waals surface area contributed by atoms with Crippen molar-refractivity contribution in [3.63, 3.8) is 0 Å². The maximum atomic E-state index is 11.1. The van der Waals surface area contributed by atoms with Gasteiger partial charge < -0.3 is 9.16 Å². The van der Waals surface area contributed by atoms with Crippen LogP contribution in [0.5, 0.6) is 0 Å². The summed E-state index contributed by atoms with van der Waals surface area (Å²) < 4.78 is 10.7. The Balaban J connectivity index is 3.11. The summed E-state index contributed by atoms with van der Waals surface area (Å²) in [6.45, 7) is 11.1. The van der Waals surface area contributed by atoms with E-state index < -0.39 is 9.04 Å². The van der Waals surface area contributed by atoms with Crippen LogP contribution < -0.4 is 0 Å². The predicted molar refractivity (Wildman–Crippen MR) is 82.9 cm³/mol. The van der Waals surface area contributed by atoms with Crippen LogP contribution in [0.4, 0.5) is 0 Å². The summed E-state index contributed by atoms with van der Waals surface area (Å²) in [7, 11) is -0.812. The molecule has 0 N–H and O–H groups in total. The van der Waals surface area contributed by atoms with Gasteiger partial charge in [-0.2, -0.15) is 0 Å². The minimum Gasteiger partial charge on any atom is -0.462 e. The highest BCUT2D eigenvalue weighted by Gasteiger charge is 2.01. The van der Waals surface area contributed by atoms with Gasteiger partial charge in [-0.25, -0.2) is 4.79 Å². The average molecular weight is 286 g/mol. The molecule has 4 heteroatoms. The van der Waals surface area contributed by atoms with Crippen LogP contribution in [0, 0.1) is 0 Å². The minimum atomic E-state index is -0.812. The fraction of sp³-hybridized carbons (Fsp3) is 0.800. The molecule has 19 heavy (non-hydrogen) atoms. The summed E-state index contributed by atoms with van der Waals surface area (Å²) in [6, 6.07) is 0. The number of ether oxygens (including phenoxy) is 1. The van der Waals surface area contributed by atoms with Crippen LogP contribution in [0.15, 0.2) is 12.2 Å². The molecule has 0 aromatic rings. The van der Waals surface area contributed by atoms with E-state index in [0.29, 0.717) is 12.2 Å². The van der Waals surface area contributed by atoms with E-state index in [1.54, 1.807) is 6.92 Å². The van der Waals surface area contributed by atoms with Gasteiger partial charge in [0.15, 0.2) is 9.04 Å². The molecule has 0 aromatic carbocycles. The molecule has 0 heterocycles. The third kappa shape index (κ3) is 13.6. The second-order valence-corrected chi connectivity index (χ2v) is 7.74. The van der Waals surface area contributed by atoms with Crippen molar-refractivity contribution in [1.82, 2.24) is 0 Å². The van der Waals surface area contributed by atoms with Gasteiger partial charge >= 0.3 is 5.97 Å². The molecule has 0 spiro atoms. The summed E-state index contributed by atoms with van der Waals surface area (Å²) in [6.07, 6.45) is 8.35.